The fourth-order valence-electron chi connectivity index (χ4n) is 2.16. The van der Waals surface area contributed by atoms with Gasteiger partial charge in [0.15, 0.2) is 0 Å². The van der Waals surface area contributed by atoms with Gasteiger partial charge in [0.1, 0.15) is 23.7 Å². The molecule has 3 heteroatoms. The second kappa shape index (κ2) is 12.9. The summed E-state index contributed by atoms with van der Waals surface area (Å²) in [5, 5.41) is 19.9. The number of ether oxygens (including phenoxy) is 1. The van der Waals surface area contributed by atoms with E-state index in [4.69, 9.17) is 4.74 Å². The predicted octanol–water partition coefficient (Wildman–Crippen LogP) is 4.69. The van der Waals surface area contributed by atoms with Gasteiger partial charge in [-0.15, -0.1) is 0 Å². The smallest absolute Gasteiger partial charge is 0.125 e. The zero-order chi connectivity index (χ0) is 16.1. The summed E-state index contributed by atoms with van der Waals surface area (Å²) in [6.07, 6.45) is 8.82. The summed E-state index contributed by atoms with van der Waals surface area (Å²) in [6, 6.07) is 0. The first-order valence-electron chi connectivity index (χ1n) is 8.44. The van der Waals surface area contributed by atoms with E-state index in [9.17, 15) is 10.2 Å². The highest BCUT2D eigenvalue weighted by molar-refractivity contribution is 5.01. The first-order valence-corrected chi connectivity index (χ1v) is 8.44. The second-order valence-corrected chi connectivity index (χ2v) is 5.76. The number of rotatable bonds is 14. The lowest BCUT2D eigenvalue weighted by Crippen LogP contribution is -2.17. The molecule has 2 N–H and O–H groups in total. The van der Waals surface area contributed by atoms with Crippen LogP contribution in [0.2, 0.25) is 0 Å². The fourth-order valence-corrected chi connectivity index (χ4v) is 2.16. The van der Waals surface area contributed by atoms with E-state index in [0.29, 0.717) is 24.4 Å². The van der Waals surface area contributed by atoms with Gasteiger partial charge in [-0.25, -0.2) is 0 Å². The number of hydrogen-bond acceptors (Lipinski definition) is 3. The molecule has 0 aromatic rings. The Morgan fingerprint density at radius 3 is 1.48 bits per heavy atom. The summed E-state index contributed by atoms with van der Waals surface area (Å²) in [5.41, 5.74) is 0. The van der Waals surface area contributed by atoms with Crippen LogP contribution in [-0.4, -0.2) is 22.4 Å². The van der Waals surface area contributed by atoms with Crippen molar-refractivity contribution in [1.29, 1.82) is 0 Å². The first-order chi connectivity index (χ1) is 10.0. The van der Waals surface area contributed by atoms with Gasteiger partial charge in [-0.2, -0.15) is 0 Å². The third-order valence-electron chi connectivity index (χ3n) is 3.67. The van der Waals surface area contributed by atoms with Crippen LogP contribution in [0.25, 0.3) is 0 Å². The molecular weight excluding hydrogens is 264 g/mol. The van der Waals surface area contributed by atoms with Crippen LogP contribution >= 0.6 is 0 Å². The third-order valence-corrected chi connectivity index (χ3v) is 3.67. The molecule has 0 aromatic heterocycles. The number of aliphatic hydroxyl groups is 2. The summed E-state index contributed by atoms with van der Waals surface area (Å²) >= 11 is 0. The van der Waals surface area contributed by atoms with Gasteiger partial charge in [0, 0.05) is 0 Å². The minimum Gasteiger partial charge on any atom is -0.462 e. The maximum absolute atomic E-state index is 9.95. The van der Waals surface area contributed by atoms with Gasteiger partial charge in [-0.3, -0.25) is 0 Å². The highest BCUT2D eigenvalue weighted by Crippen LogP contribution is 2.18. The van der Waals surface area contributed by atoms with Crippen LogP contribution in [0, 0.1) is 0 Å². The molecule has 0 saturated heterocycles. The largest absolute Gasteiger partial charge is 0.462 e. The zero-order valence-corrected chi connectivity index (χ0v) is 13.9. The molecule has 0 aromatic carbocycles. The highest BCUT2D eigenvalue weighted by Gasteiger charge is 2.15. The minimum absolute atomic E-state index is 0.295. The standard InChI is InChI=1S/C18H34O3/c1-5-7-9-11-13-17(19)15(3)21-16(4)18(20)14-12-10-8-6-2/h17-20H,3-14H2,1-2H3. The zero-order valence-electron chi connectivity index (χ0n) is 13.9. The summed E-state index contributed by atoms with van der Waals surface area (Å²) in [6.45, 7) is 11.8. The molecule has 0 aliphatic carbocycles. The third kappa shape index (κ3) is 10.6. The summed E-state index contributed by atoms with van der Waals surface area (Å²) in [4.78, 5) is 0. The molecule has 0 saturated carbocycles. The van der Waals surface area contributed by atoms with Crippen molar-refractivity contribution < 1.29 is 14.9 Å². The van der Waals surface area contributed by atoms with Gasteiger partial charge in [0.2, 0.25) is 0 Å². The van der Waals surface area contributed by atoms with E-state index in [2.05, 4.69) is 27.0 Å². The van der Waals surface area contributed by atoms with Crippen molar-refractivity contribution in [3.05, 3.63) is 24.7 Å². The molecule has 0 bridgehead atoms. The van der Waals surface area contributed by atoms with Gasteiger partial charge in [0.25, 0.3) is 0 Å². The molecule has 2 atom stereocenters. The van der Waals surface area contributed by atoms with Crippen LogP contribution < -0.4 is 0 Å². The van der Waals surface area contributed by atoms with Crippen molar-refractivity contribution in [3.63, 3.8) is 0 Å². The van der Waals surface area contributed by atoms with Gasteiger partial charge >= 0.3 is 0 Å². The Morgan fingerprint density at radius 2 is 1.14 bits per heavy atom. The van der Waals surface area contributed by atoms with Crippen LogP contribution in [0.3, 0.4) is 0 Å². The highest BCUT2D eigenvalue weighted by atomic mass is 16.5. The van der Waals surface area contributed by atoms with Crippen LogP contribution in [0.15, 0.2) is 24.7 Å². The van der Waals surface area contributed by atoms with Crippen LogP contribution in [0.1, 0.15) is 78.1 Å². The lowest BCUT2D eigenvalue weighted by atomic mass is 10.1. The summed E-state index contributed by atoms with van der Waals surface area (Å²) < 4.78 is 5.40. The van der Waals surface area contributed by atoms with Gasteiger partial charge in [-0.05, 0) is 12.8 Å². The van der Waals surface area contributed by atoms with E-state index >= 15 is 0 Å². The molecular formula is C18H34O3. The topological polar surface area (TPSA) is 49.7 Å². The monoisotopic (exact) mass is 298 g/mol. The number of aliphatic hydroxyl groups excluding tert-OH is 2. The minimum atomic E-state index is -0.675. The second-order valence-electron chi connectivity index (χ2n) is 5.76. The lowest BCUT2D eigenvalue weighted by Gasteiger charge is -2.19. The normalized spacial score (nSPS) is 13.7. The van der Waals surface area contributed by atoms with E-state index in [-0.39, 0.29) is 0 Å². The van der Waals surface area contributed by atoms with Crippen molar-refractivity contribution in [2.75, 3.05) is 0 Å². The van der Waals surface area contributed by atoms with Crippen molar-refractivity contribution in [2.45, 2.75) is 90.3 Å². The van der Waals surface area contributed by atoms with Gasteiger partial charge < -0.3 is 14.9 Å². The van der Waals surface area contributed by atoms with E-state index in [1.165, 1.54) is 25.7 Å². The van der Waals surface area contributed by atoms with E-state index in [1.54, 1.807) is 0 Å². The Hall–Kier alpha value is -0.800. The molecule has 0 aliphatic rings. The Labute approximate surface area is 130 Å². The molecule has 21 heavy (non-hydrogen) atoms. The Bertz CT molecular complexity index is 258. The average Bonchev–Trinajstić information content (AvgIpc) is 2.47. The molecule has 0 fully saturated rings. The van der Waals surface area contributed by atoms with Crippen molar-refractivity contribution in [3.8, 4) is 0 Å². The van der Waals surface area contributed by atoms with Crippen molar-refractivity contribution >= 4 is 0 Å². The fraction of sp³-hybridized carbons (Fsp3) is 0.778. The molecule has 0 spiro atoms. The van der Waals surface area contributed by atoms with Gasteiger partial charge in [0.05, 0.1) is 0 Å². The van der Waals surface area contributed by atoms with Crippen LogP contribution in [0.5, 0.6) is 0 Å². The molecule has 0 aliphatic heterocycles. The Balaban J connectivity index is 3.87. The summed E-state index contributed by atoms with van der Waals surface area (Å²) in [7, 11) is 0. The van der Waals surface area contributed by atoms with Crippen LogP contribution in [-0.2, 0) is 4.74 Å². The van der Waals surface area contributed by atoms with Crippen LogP contribution in [0.4, 0.5) is 0 Å². The molecule has 2 unspecified atom stereocenters. The average molecular weight is 298 g/mol. The number of hydrogen-bond donors (Lipinski definition) is 2. The Morgan fingerprint density at radius 1 is 0.762 bits per heavy atom. The quantitative estimate of drug-likeness (QED) is 0.361. The predicted molar refractivity (Wildman–Crippen MR) is 88.9 cm³/mol. The molecule has 0 amide bonds. The van der Waals surface area contributed by atoms with Crippen molar-refractivity contribution in [1.82, 2.24) is 0 Å². The van der Waals surface area contributed by atoms with E-state index in [1.807, 2.05) is 0 Å². The number of unbranched alkanes of at least 4 members (excludes halogenated alkanes) is 6. The SMILES string of the molecule is C=C(OC(=C)C(O)CCCCCC)C(O)CCCCCC. The molecule has 3 nitrogen and oxygen atoms in total. The Kier molecular flexibility index (Phi) is 12.4. The molecule has 124 valence electrons. The first kappa shape index (κ1) is 20.2. The maximum Gasteiger partial charge on any atom is 0.125 e. The van der Waals surface area contributed by atoms with Gasteiger partial charge in [-0.1, -0.05) is 78.4 Å². The molecule has 0 heterocycles. The lowest BCUT2D eigenvalue weighted by molar-refractivity contribution is 0.0824. The van der Waals surface area contributed by atoms with E-state index < -0.39 is 12.2 Å². The van der Waals surface area contributed by atoms with E-state index in [0.717, 1.165) is 25.7 Å². The molecule has 0 radical (unpaired) electrons. The molecule has 0 rings (SSSR count). The summed E-state index contributed by atoms with van der Waals surface area (Å²) in [5.74, 6) is 0.591. The maximum atomic E-state index is 9.95. The van der Waals surface area contributed by atoms with Crippen molar-refractivity contribution in [2.24, 2.45) is 0 Å².